The first-order valence-corrected chi connectivity index (χ1v) is 4.43. The summed E-state index contributed by atoms with van der Waals surface area (Å²) >= 11 is 11.7. The van der Waals surface area contributed by atoms with E-state index in [0.29, 0.717) is 10.0 Å². The van der Waals surface area contributed by atoms with Gasteiger partial charge in [0.1, 0.15) is 5.69 Å². The van der Waals surface area contributed by atoms with E-state index in [1.165, 1.54) is 0 Å². The standard InChI is InChI=1S/C9H12Cl2N.Sn.4H/c1-12(2,3)9-5-7(10)4-8(11)6-9;;;;;/h4-6H,1-3H3;;;;;/q+1;;;;;. The van der Waals surface area contributed by atoms with Gasteiger partial charge in [-0.3, -0.25) is 4.48 Å². The average Bonchev–Trinajstić information content (AvgIpc) is 1.82. The average molecular weight is 328 g/mol. The third-order valence-corrected chi connectivity index (χ3v) is 2.06. The molecule has 0 aliphatic carbocycles. The minimum absolute atomic E-state index is 0. The fourth-order valence-corrected chi connectivity index (χ4v) is 1.44. The molecule has 0 fully saturated rings. The molecule has 0 aliphatic rings. The van der Waals surface area contributed by atoms with Gasteiger partial charge >= 0.3 is 23.9 Å². The van der Waals surface area contributed by atoms with Crippen molar-refractivity contribution < 1.29 is 0 Å². The van der Waals surface area contributed by atoms with Crippen molar-refractivity contribution in [2.24, 2.45) is 0 Å². The van der Waals surface area contributed by atoms with Crippen LogP contribution in [0.1, 0.15) is 0 Å². The number of quaternary nitrogens is 1. The summed E-state index contributed by atoms with van der Waals surface area (Å²) < 4.78 is 0.722. The maximum absolute atomic E-state index is 5.86. The van der Waals surface area contributed by atoms with Gasteiger partial charge in [-0.15, -0.1) is 0 Å². The van der Waals surface area contributed by atoms with Gasteiger partial charge in [-0.2, -0.15) is 0 Å². The van der Waals surface area contributed by atoms with Crippen molar-refractivity contribution >= 4 is 52.8 Å². The van der Waals surface area contributed by atoms with Gasteiger partial charge in [-0.05, 0) is 6.07 Å². The first-order chi connectivity index (χ1) is 5.39. The van der Waals surface area contributed by atoms with E-state index in [0.717, 1.165) is 10.2 Å². The zero-order valence-electron chi connectivity index (χ0n) is 7.44. The van der Waals surface area contributed by atoms with Crippen LogP contribution in [0.4, 0.5) is 5.69 Å². The Morgan fingerprint density at radius 2 is 1.31 bits per heavy atom. The van der Waals surface area contributed by atoms with Gasteiger partial charge in [0.05, 0.1) is 21.1 Å². The van der Waals surface area contributed by atoms with Gasteiger partial charge < -0.3 is 0 Å². The molecule has 0 N–H and O–H groups in total. The van der Waals surface area contributed by atoms with Crippen molar-refractivity contribution in [3.8, 4) is 0 Å². The molecular formula is C9H16Cl2NSn+. The molecule has 0 radical (unpaired) electrons. The van der Waals surface area contributed by atoms with Crippen LogP contribution in [0, 0.1) is 0 Å². The number of halogens is 2. The molecule has 4 heteroatoms. The monoisotopic (exact) mass is 328 g/mol. The molecule has 74 valence electrons. The van der Waals surface area contributed by atoms with Crippen LogP contribution in [-0.2, 0) is 0 Å². The van der Waals surface area contributed by atoms with Crippen LogP contribution < -0.4 is 4.48 Å². The predicted octanol–water partition coefficient (Wildman–Crippen LogP) is 1.74. The van der Waals surface area contributed by atoms with Gasteiger partial charge in [-0.25, -0.2) is 0 Å². The third-order valence-electron chi connectivity index (χ3n) is 1.62. The van der Waals surface area contributed by atoms with E-state index in [9.17, 15) is 0 Å². The van der Waals surface area contributed by atoms with Gasteiger partial charge in [0.2, 0.25) is 0 Å². The molecule has 13 heavy (non-hydrogen) atoms. The van der Waals surface area contributed by atoms with E-state index < -0.39 is 0 Å². The Morgan fingerprint density at radius 1 is 0.923 bits per heavy atom. The first-order valence-electron chi connectivity index (χ1n) is 3.68. The topological polar surface area (TPSA) is 0 Å². The summed E-state index contributed by atoms with van der Waals surface area (Å²) in [6, 6.07) is 5.59. The zero-order chi connectivity index (χ0) is 9.35. The molecule has 0 aliphatic heterocycles. The Hall–Kier alpha value is 0.559. The summed E-state index contributed by atoms with van der Waals surface area (Å²) in [5, 5.41) is 1.37. The van der Waals surface area contributed by atoms with E-state index in [2.05, 4.69) is 21.1 Å². The Morgan fingerprint density at radius 3 is 1.62 bits per heavy atom. The molecular weight excluding hydrogens is 312 g/mol. The van der Waals surface area contributed by atoms with E-state index in [1.807, 2.05) is 12.1 Å². The second-order valence-electron chi connectivity index (χ2n) is 3.64. The molecule has 0 bridgehead atoms. The molecule has 0 saturated carbocycles. The van der Waals surface area contributed by atoms with Gasteiger partial charge in [0.25, 0.3) is 0 Å². The molecule has 0 atom stereocenters. The summed E-state index contributed by atoms with van der Waals surface area (Å²) in [5.41, 5.74) is 1.10. The molecule has 0 unspecified atom stereocenters. The van der Waals surface area contributed by atoms with Gasteiger partial charge in [0, 0.05) is 22.2 Å². The Kier molecular flexibility index (Phi) is 5.08. The number of hydrogen-bond acceptors (Lipinski definition) is 0. The normalized spacial score (nSPS) is 10.8. The van der Waals surface area contributed by atoms with E-state index in [-0.39, 0.29) is 23.9 Å². The van der Waals surface area contributed by atoms with E-state index in [1.54, 1.807) is 6.07 Å². The molecule has 1 rings (SSSR count). The summed E-state index contributed by atoms with van der Waals surface area (Å²) in [7, 11) is 6.21. The van der Waals surface area contributed by atoms with Crippen molar-refractivity contribution in [2.45, 2.75) is 0 Å². The Balaban J connectivity index is 0.00000144. The van der Waals surface area contributed by atoms with E-state index >= 15 is 0 Å². The number of hydrogen-bond donors (Lipinski definition) is 0. The van der Waals surface area contributed by atoms with Crippen molar-refractivity contribution in [1.29, 1.82) is 0 Å². The van der Waals surface area contributed by atoms with Crippen LogP contribution in [0.3, 0.4) is 0 Å². The summed E-state index contributed by atoms with van der Waals surface area (Å²) in [5.74, 6) is 0. The van der Waals surface area contributed by atoms with Crippen LogP contribution in [0.5, 0.6) is 0 Å². The SMILES string of the molecule is C[N+](C)(C)c1cc(Cl)cc(Cl)c1.[SnH4]. The van der Waals surface area contributed by atoms with Crippen LogP contribution in [0.15, 0.2) is 18.2 Å². The Bertz CT molecular complexity index is 274. The second kappa shape index (κ2) is 4.87. The van der Waals surface area contributed by atoms with Crippen molar-refractivity contribution in [3.05, 3.63) is 28.2 Å². The number of benzene rings is 1. The Labute approximate surface area is 106 Å². The maximum atomic E-state index is 5.86. The van der Waals surface area contributed by atoms with Crippen LogP contribution in [0.25, 0.3) is 0 Å². The zero-order valence-corrected chi connectivity index (χ0v) is 8.95. The van der Waals surface area contributed by atoms with Crippen molar-refractivity contribution in [1.82, 2.24) is 4.48 Å². The molecule has 1 nitrogen and oxygen atoms in total. The van der Waals surface area contributed by atoms with Crippen LogP contribution in [0.2, 0.25) is 10.0 Å². The number of nitrogens with zero attached hydrogens (tertiary/aromatic N) is 1. The van der Waals surface area contributed by atoms with Crippen LogP contribution >= 0.6 is 23.2 Å². The minimum atomic E-state index is 0. The predicted molar refractivity (Wildman–Crippen MR) is 67.4 cm³/mol. The second-order valence-corrected chi connectivity index (χ2v) is 4.51. The molecule has 1 aromatic rings. The first kappa shape index (κ1) is 13.6. The fraction of sp³-hybridized carbons (Fsp3) is 0.333. The quantitative estimate of drug-likeness (QED) is 0.544. The third kappa shape index (κ3) is 4.07. The summed E-state index contributed by atoms with van der Waals surface area (Å²) in [6.45, 7) is 0. The van der Waals surface area contributed by atoms with Crippen LogP contribution in [-0.4, -0.2) is 45.1 Å². The van der Waals surface area contributed by atoms with Crippen molar-refractivity contribution in [3.63, 3.8) is 0 Å². The summed E-state index contributed by atoms with van der Waals surface area (Å²) in [6.07, 6.45) is 0. The molecule has 0 amide bonds. The van der Waals surface area contributed by atoms with Gasteiger partial charge in [0.15, 0.2) is 0 Å². The fourth-order valence-electron chi connectivity index (χ4n) is 0.927. The molecule has 0 spiro atoms. The van der Waals surface area contributed by atoms with Gasteiger partial charge in [-0.1, -0.05) is 23.2 Å². The van der Waals surface area contributed by atoms with Crippen molar-refractivity contribution in [2.75, 3.05) is 21.1 Å². The van der Waals surface area contributed by atoms with E-state index in [4.69, 9.17) is 23.2 Å². The molecule has 0 aromatic heterocycles. The molecule has 1 aromatic carbocycles. The molecule has 0 heterocycles. The molecule has 0 saturated heterocycles. The summed E-state index contributed by atoms with van der Waals surface area (Å²) in [4.78, 5) is 0. The number of rotatable bonds is 1.